The van der Waals surface area contributed by atoms with Gasteiger partial charge in [-0.3, -0.25) is 4.90 Å². The quantitative estimate of drug-likeness (QED) is 0.731. The molecular weight excluding hydrogens is 393 g/mol. The van der Waals surface area contributed by atoms with Crippen LogP contribution in [-0.4, -0.2) is 36.3 Å². The SMILES string of the molecule is O=C(Nc1cccc(OCCO)c1)N1CCc2cc(C=S)c(C(F)(F)F)cc21. The van der Waals surface area contributed by atoms with Gasteiger partial charge in [-0.2, -0.15) is 13.2 Å². The lowest BCUT2D eigenvalue weighted by Gasteiger charge is -2.20. The fraction of sp³-hybridized carbons (Fsp3) is 0.263. The zero-order valence-electron chi connectivity index (χ0n) is 14.6. The van der Waals surface area contributed by atoms with E-state index in [4.69, 9.17) is 22.1 Å². The number of rotatable bonds is 5. The molecule has 0 aliphatic carbocycles. The summed E-state index contributed by atoms with van der Waals surface area (Å²) in [5.41, 5.74) is 0.357. The van der Waals surface area contributed by atoms with Crippen molar-refractivity contribution >= 4 is 35.0 Å². The summed E-state index contributed by atoms with van der Waals surface area (Å²) in [4.78, 5) is 13.9. The van der Waals surface area contributed by atoms with Crippen LogP contribution in [0.2, 0.25) is 0 Å². The smallest absolute Gasteiger partial charge is 0.417 e. The fourth-order valence-electron chi connectivity index (χ4n) is 3.03. The molecule has 2 aromatic carbocycles. The molecule has 148 valence electrons. The number of aliphatic hydroxyl groups is 1. The van der Waals surface area contributed by atoms with E-state index in [1.54, 1.807) is 24.3 Å². The number of hydrogen-bond acceptors (Lipinski definition) is 4. The zero-order valence-corrected chi connectivity index (χ0v) is 15.4. The Balaban J connectivity index is 1.83. The second-order valence-corrected chi connectivity index (χ2v) is 6.35. The molecule has 2 aromatic rings. The summed E-state index contributed by atoms with van der Waals surface area (Å²) in [5, 5.41) is 12.5. The van der Waals surface area contributed by atoms with E-state index in [9.17, 15) is 18.0 Å². The van der Waals surface area contributed by atoms with Gasteiger partial charge in [0.15, 0.2) is 0 Å². The Morgan fingerprint density at radius 1 is 1.32 bits per heavy atom. The Morgan fingerprint density at radius 2 is 2.11 bits per heavy atom. The molecule has 0 unspecified atom stereocenters. The van der Waals surface area contributed by atoms with Crippen molar-refractivity contribution in [2.75, 3.05) is 30.0 Å². The molecule has 0 atom stereocenters. The highest BCUT2D eigenvalue weighted by Gasteiger charge is 2.36. The monoisotopic (exact) mass is 410 g/mol. The van der Waals surface area contributed by atoms with E-state index in [1.807, 2.05) is 0 Å². The van der Waals surface area contributed by atoms with E-state index in [2.05, 4.69) is 5.32 Å². The van der Waals surface area contributed by atoms with E-state index in [0.717, 1.165) is 11.4 Å². The Kier molecular flexibility index (Phi) is 5.85. The third-order valence-electron chi connectivity index (χ3n) is 4.27. The van der Waals surface area contributed by atoms with E-state index in [-0.39, 0.29) is 31.0 Å². The second-order valence-electron chi connectivity index (χ2n) is 6.12. The largest absolute Gasteiger partial charge is 0.491 e. The minimum atomic E-state index is -4.57. The van der Waals surface area contributed by atoms with Crippen LogP contribution in [0.5, 0.6) is 5.75 Å². The van der Waals surface area contributed by atoms with Gasteiger partial charge in [-0.05, 0) is 41.8 Å². The van der Waals surface area contributed by atoms with Crippen LogP contribution < -0.4 is 15.0 Å². The van der Waals surface area contributed by atoms with Crippen LogP contribution in [0.3, 0.4) is 0 Å². The Bertz CT molecular complexity index is 902. The molecule has 2 N–H and O–H groups in total. The number of benzene rings is 2. The van der Waals surface area contributed by atoms with Gasteiger partial charge < -0.3 is 15.2 Å². The van der Waals surface area contributed by atoms with Crippen LogP contribution >= 0.6 is 12.2 Å². The summed E-state index contributed by atoms with van der Waals surface area (Å²) in [6, 6.07) is 8.36. The molecule has 28 heavy (non-hydrogen) atoms. The van der Waals surface area contributed by atoms with E-state index < -0.39 is 17.8 Å². The van der Waals surface area contributed by atoms with Gasteiger partial charge in [-0.25, -0.2) is 4.79 Å². The average Bonchev–Trinajstić information content (AvgIpc) is 3.08. The fourth-order valence-corrected chi connectivity index (χ4v) is 3.22. The molecule has 5 nitrogen and oxygen atoms in total. The van der Waals surface area contributed by atoms with Crippen LogP contribution in [0.1, 0.15) is 16.7 Å². The molecule has 9 heteroatoms. The number of nitrogens with one attached hydrogen (secondary N) is 1. The van der Waals surface area contributed by atoms with Gasteiger partial charge in [0.05, 0.1) is 12.2 Å². The van der Waals surface area contributed by atoms with Gasteiger partial charge in [-0.15, -0.1) is 0 Å². The summed E-state index contributed by atoms with van der Waals surface area (Å²) < 4.78 is 45.2. The molecule has 0 saturated heterocycles. The standard InChI is InChI=1S/C19H17F3N2O3S/c20-19(21,22)16-10-17-12(8-13(16)11-28)4-5-24(17)18(26)23-14-2-1-3-15(9-14)27-7-6-25/h1-3,8-11,25H,4-7H2,(H,23,26). The number of carbonyl (C=O) groups is 1. The van der Waals surface area contributed by atoms with Gasteiger partial charge in [0.2, 0.25) is 0 Å². The van der Waals surface area contributed by atoms with Crippen LogP contribution in [0.15, 0.2) is 36.4 Å². The first kappa shape index (κ1) is 20.1. The molecule has 2 amide bonds. The van der Waals surface area contributed by atoms with Gasteiger partial charge in [0, 0.05) is 29.4 Å². The van der Waals surface area contributed by atoms with Crippen LogP contribution in [-0.2, 0) is 12.6 Å². The highest BCUT2D eigenvalue weighted by molar-refractivity contribution is 7.79. The number of carbonyl (C=O) groups excluding carboxylic acids is 1. The maximum atomic E-state index is 13.3. The summed E-state index contributed by atoms with van der Waals surface area (Å²) in [7, 11) is 0. The lowest BCUT2D eigenvalue weighted by atomic mass is 10.0. The summed E-state index contributed by atoms with van der Waals surface area (Å²) in [5.74, 6) is 0.457. The van der Waals surface area contributed by atoms with Crippen LogP contribution in [0.4, 0.5) is 29.3 Å². The molecule has 0 aromatic heterocycles. The number of ether oxygens (including phenoxy) is 1. The number of urea groups is 1. The van der Waals surface area contributed by atoms with Crippen molar-refractivity contribution in [1.29, 1.82) is 0 Å². The lowest BCUT2D eigenvalue weighted by molar-refractivity contribution is -0.137. The summed E-state index contributed by atoms with van der Waals surface area (Å²) in [6.45, 7) is 0.228. The lowest BCUT2D eigenvalue weighted by Crippen LogP contribution is -2.33. The molecule has 0 radical (unpaired) electrons. The van der Waals surface area contributed by atoms with Crippen molar-refractivity contribution < 1.29 is 27.8 Å². The first-order chi connectivity index (χ1) is 13.3. The first-order valence-corrected chi connectivity index (χ1v) is 8.92. The molecule has 1 aliphatic heterocycles. The second kappa shape index (κ2) is 8.15. The van der Waals surface area contributed by atoms with Crippen molar-refractivity contribution in [3.8, 4) is 5.75 Å². The number of amides is 2. The van der Waals surface area contributed by atoms with Crippen molar-refractivity contribution in [3.63, 3.8) is 0 Å². The molecule has 1 aliphatic rings. The van der Waals surface area contributed by atoms with Crippen LogP contribution in [0.25, 0.3) is 0 Å². The Labute approximate surface area is 164 Å². The normalized spacial score (nSPS) is 13.2. The number of thiocarbonyl (C=S) groups is 1. The molecule has 0 fully saturated rings. The first-order valence-electron chi connectivity index (χ1n) is 8.45. The number of aliphatic hydroxyl groups excluding tert-OH is 1. The third-order valence-corrected chi connectivity index (χ3v) is 4.52. The Hall–Kier alpha value is -2.65. The predicted molar refractivity (Wildman–Crippen MR) is 103 cm³/mol. The minimum absolute atomic E-state index is 0.0720. The summed E-state index contributed by atoms with van der Waals surface area (Å²) >= 11 is 4.71. The average molecular weight is 410 g/mol. The molecule has 3 rings (SSSR count). The molecule has 0 spiro atoms. The van der Waals surface area contributed by atoms with E-state index in [0.29, 0.717) is 23.4 Å². The number of fused-ring (bicyclic) bond motifs is 1. The number of halogens is 3. The molecule has 1 heterocycles. The highest BCUT2D eigenvalue weighted by Crippen LogP contribution is 2.38. The molecular formula is C19H17F3N2O3S. The number of alkyl halides is 3. The van der Waals surface area contributed by atoms with Gasteiger partial charge in [0.25, 0.3) is 0 Å². The Morgan fingerprint density at radius 3 is 2.79 bits per heavy atom. The van der Waals surface area contributed by atoms with Gasteiger partial charge >= 0.3 is 12.2 Å². The van der Waals surface area contributed by atoms with Crippen molar-refractivity contribution in [2.24, 2.45) is 0 Å². The maximum Gasteiger partial charge on any atom is 0.417 e. The van der Waals surface area contributed by atoms with Gasteiger partial charge in [0.1, 0.15) is 12.4 Å². The number of nitrogens with zero attached hydrogens (tertiary/aromatic N) is 1. The van der Waals surface area contributed by atoms with Crippen molar-refractivity contribution in [1.82, 2.24) is 0 Å². The molecule has 0 bridgehead atoms. The predicted octanol–water partition coefficient (Wildman–Crippen LogP) is 4.02. The third kappa shape index (κ3) is 4.26. The summed E-state index contributed by atoms with van der Waals surface area (Å²) in [6.07, 6.45) is -4.13. The zero-order chi connectivity index (χ0) is 20.3. The van der Waals surface area contributed by atoms with Gasteiger partial charge in [-0.1, -0.05) is 18.3 Å². The maximum absolute atomic E-state index is 13.3. The minimum Gasteiger partial charge on any atom is -0.491 e. The molecule has 0 saturated carbocycles. The number of hydrogen-bond donors (Lipinski definition) is 2. The van der Waals surface area contributed by atoms with Crippen molar-refractivity contribution in [2.45, 2.75) is 12.6 Å². The topological polar surface area (TPSA) is 61.8 Å². The van der Waals surface area contributed by atoms with E-state index in [1.165, 1.54) is 11.0 Å². The van der Waals surface area contributed by atoms with E-state index >= 15 is 0 Å². The number of anilines is 2. The van der Waals surface area contributed by atoms with Crippen molar-refractivity contribution in [3.05, 3.63) is 53.1 Å². The highest BCUT2D eigenvalue weighted by atomic mass is 32.1. The van der Waals surface area contributed by atoms with Crippen LogP contribution in [0, 0.1) is 0 Å².